The van der Waals surface area contributed by atoms with Crippen LogP contribution in [0.3, 0.4) is 0 Å². The standard InChI is InChI=1S/C17H21NO4/c1-12(19)9-11-17(10-3-4-15(17)20)16(21)18-13-5-7-14(22-2)8-6-13/h5-8H,3-4,9-11H2,1-2H3,(H,18,21)/t17-/m1/s1. The molecule has 0 heterocycles. The number of hydrogen-bond acceptors (Lipinski definition) is 4. The third-order valence-electron chi connectivity index (χ3n) is 4.23. The molecule has 0 unspecified atom stereocenters. The molecule has 1 aliphatic rings. The van der Waals surface area contributed by atoms with Crippen LogP contribution in [0.1, 0.15) is 39.0 Å². The van der Waals surface area contributed by atoms with E-state index in [0.29, 0.717) is 37.1 Å². The summed E-state index contributed by atoms with van der Waals surface area (Å²) in [6, 6.07) is 6.95. The predicted molar refractivity (Wildman–Crippen MR) is 82.8 cm³/mol. The lowest BCUT2D eigenvalue weighted by Gasteiger charge is -2.25. The number of ether oxygens (including phenoxy) is 1. The molecule has 0 aliphatic heterocycles. The Kier molecular flexibility index (Phi) is 4.96. The van der Waals surface area contributed by atoms with Crippen LogP contribution in [0, 0.1) is 5.41 Å². The van der Waals surface area contributed by atoms with Crippen LogP contribution >= 0.6 is 0 Å². The highest BCUT2D eigenvalue weighted by molar-refractivity contribution is 6.12. The van der Waals surface area contributed by atoms with Crippen LogP contribution in [-0.4, -0.2) is 24.6 Å². The van der Waals surface area contributed by atoms with Crippen molar-refractivity contribution in [3.63, 3.8) is 0 Å². The maximum atomic E-state index is 12.6. The van der Waals surface area contributed by atoms with Gasteiger partial charge in [-0.25, -0.2) is 0 Å². The summed E-state index contributed by atoms with van der Waals surface area (Å²) in [5.74, 6) is 0.332. The second-order valence-electron chi connectivity index (χ2n) is 5.74. The Morgan fingerprint density at radius 3 is 2.45 bits per heavy atom. The minimum Gasteiger partial charge on any atom is -0.497 e. The monoisotopic (exact) mass is 303 g/mol. The van der Waals surface area contributed by atoms with E-state index in [1.54, 1.807) is 31.4 Å². The summed E-state index contributed by atoms with van der Waals surface area (Å²) in [7, 11) is 1.57. The number of carbonyl (C=O) groups is 3. The minimum atomic E-state index is -1.05. The van der Waals surface area contributed by atoms with Crippen molar-refractivity contribution in [1.82, 2.24) is 0 Å². The van der Waals surface area contributed by atoms with Crippen molar-refractivity contribution >= 4 is 23.2 Å². The molecule has 22 heavy (non-hydrogen) atoms. The number of ketones is 2. The van der Waals surface area contributed by atoms with E-state index in [-0.39, 0.29) is 23.9 Å². The molecule has 1 atom stereocenters. The number of benzene rings is 1. The van der Waals surface area contributed by atoms with Gasteiger partial charge in [0.25, 0.3) is 0 Å². The van der Waals surface area contributed by atoms with Crippen molar-refractivity contribution in [3.8, 4) is 5.75 Å². The molecule has 118 valence electrons. The SMILES string of the molecule is COc1ccc(NC(=O)[C@@]2(CCC(C)=O)CCCC2=O)cc1. The summed E-state index contributed by atoms with van der Waals surface area (Å²) in [4.78, 5) is 36.1. The Hall–Kier alpha value is -2.17. The smallest absolute Gasteiger partial charge is 0.238 e. The maximum absolute atomic E-state index is 12.6. The lowest BCUT2D eigenvalue weighted by atomic mass is 9.79. The zero-order valence-corrected chi connectivity index (χ0v) is 13.0. The fraction of sp³-hybridized carbons (Fsp3) is 0.471. The molecule has 0 radical (unpaired) electrons. The Labute approximate surface area is 130 Å². The van der Waals surface area contributed by atoms with E-state index in [4.69, 9.17) is 4.74 Å². The normalized spacial score (nSPS) is 20.7. The van der Waals surface area contributed by atoms with Crippen molar-refractivity contribution < 1.29 is 19.1 Å². The lowest BCUT2D eigenvalue weighted by Crippen LogP contribution is -2.40. The highest BCUT2D eigenvalue weighted by atomic mass is 16.5. The number of nitrogens with one attached hydrogen (secondary N) is 1. The zero-order chi connectivity index (χ0) is 16.2. The summed E-state index contributed by atoms with van der Waals surface area (Å²) >= 11 is 0. The van der Waals surface area contributed by atoms with Gasteiger partial charge in [-0.3, -0.25) is 9.59 Å². The highest BCUT2D eigenvalue weighted by Crippen LogP contribution is 2.40. The molecule has 0 aromatic heterocycles. The van der Waals surface area contributed by atoms with Crippen molar-refractivity contribution in [2.75, 3.05) is 12.4 Å². The molecule has 0 saturated heterocycles. The summed E-state index contributed by atoms with van der Waals surface area (Å²) in [5, 5.41) is 2.80. The highest BCUT2D eigenvalue weighted by Gasteiger charge is 2.48. The van der Waals surface area contributed by atoms with Crippen LogP contribution in [-0.2, 0) is 14.4 Å². The summed E-state index contributed by atoms with van der Waals surface area (Å²) in [5.41, 5.74) is -0.432. The van der Waals surface area contributed by atoms with Crippen molar-refractivity contribution in [1.29, 1.82) is 0 Å². The van der Waals surface area contributed by atoms with Gasteiger partial charge in [0.05, 0.1) is 7.11 Å². The zero-order valence-electron chi connectivity index (χ0n) is 13.0. The van der Waals surface area contributed by atoms with Gasteiger partial charge in [-0.2, -0.15) is 0 Å². The van der Waals surface area contributed by atoms with Gasteiger partial charge in [-0.1, -0.05) is 0 Å². The average Bonchev–Trinajstić information content (AvgIpc) is 2.88. The topological polar surface area (TPSA) is 72.5 Å². The summed E-state index contributed by atoms with van der Waals surface area (Å²) in [6.45, 7) is 1.48. The molecule has 1 aliphatic carbocycles. The first-order valence-electron chi connectivity index (χ1n) is 7.46. The molecular formula is C17H21NO4. The molecule has 1 N–H and O–H groups in total. The summed E-state index contributed by atoms with van der Waals surface area (Å²) in [6.07, 6.45) is 2.17. The van der Waals surface area contributed by atoms with Gasteiger partial charge in [0.15, 0.2) is 0 Å². The largest absolute Gasteiger partial charge is 0.497 e. The molecule has 5 nitrogen and oxygen atoms in total. The molecule has 5 heteroatoms. The van der Waals surface area contributed by atoms with Gasteiger partial charge >= 0.3 is 0 Å². The van der Waals surface area contributed by atoms with E-state index in [1.807, 2.05) is 0 Å². The van der Waals surface area contributed by atoms with Crippen LogP contribution in [0.4, 0.5) is 5.69 Å². The Bertz CT molecular complexity index is 579. The molecular weight excluding hydrogens is 282 g/mol. The van der Waals surface area contributed by atoms with Gasteiger partial charge in [-0.15, -0.1) is 0 Å². The minimum absolute atomic E-state index is 0.00341. The van der Waals surface area contributed by atoms with E-state index >= 15 is 0 Å². The van der Waals surface area contributed by atoms with Crippen molar-refractivity contribution in [2.45, 2.75) is 39.0 Å². The Morgan fingerprint density at radius 2 is 1.95 bits per heavy atom. The number of hydrogen-bond donors (Lipinski definition) is 1. The second-order valence-corrected chi connectivity index (χ2v) is 5.74. The van der Waals surface area contributed by atoms with Gasteiger partial charge in [0.2, 0.25) is 5.91 Å². The van der Waals surface area contributed by atoms with Gasteiger partial charge in [0, 0.05) is 18.5 Å². The van der Waals surface area contributed by atoms with Crippen LogP contribution in [0.15, 0.2) is 24.3 Å². The maximum Gasteiger partial charge on any atom is 0.238 e. The first-order chi connectivity index (χ1) is 10.5. The molecule has 1 aromatic rings. The van der Waals surface area contributed by atoms with E-state index < -0.39 is 5.41 Å². The molecule has 1 saturated carbocycles. The first-order valence-corrected chi connectivity index (χ1v) is 7.46. The second kappa shape index (κ2) is 6.73. The van der Waals surface area contributed by atoms with Gasteiger partial charge in [0.1, 0.15) is 22.7 Å². The average molecular weight is 303 g/mol. The fourth-order valence-electron chi connectivity index (χ4n) is 2.86. The molecule has 1 amide bonds. The van der Waals surface area contributed by atoms with E-state index in [2.05, 4.69) is 5.32 Å². The molecule has 2 rings (SSSR count). The van der Waals surface area contributed by atoms with E-state index in [1.165, 1.54) is 6.92 Å². The van der Waals surface area contributed by atoms with Crippen LogP contribution < -0.4 is 10.1 Å². The van der Waals surface area contributed by atoms with Gasteiger partial charge in [-0.05, 0) is 50.5 Å². The number of amides is 1. The fourth-order valence-corrected chi connectivity index (χ4v) is 2.86. The lowest BCUT2D eigenvalue weighted by molar-refractivity contribution is -0.137. The van der Waals surface area contributed by atoms with E-state index in [9.17, 15) is 14.4 Å². The Morgan fingerprint density at radius 1 is 1.27 bits per heavy atom. The van der Waals surface area contributed by atoms with Crippen LogP contribution in [0.2, 0.25) is 0 Å². The number of anilines is 1. The third kappa shape index (κ3) is 3.35. The van der Waals surface area contributed by atoms with Gasteiger partial charge < -0.3 is 14.8 Å². The van der Waals surface area contributed by atoms with Crippen LogP contribution in [0.5, 0.6) is 5.75 Å². The first kappa shape index (κ1) is 16.2. The molecule has 0 bridgehead atoms. The molecule has 1 fully saturated rings. The van der Waals surface area contributed by atoms with Crippen molar-refractivity contribution in [3.05, 3.63) is 24.3 Å². The quantitative estimate of drug-likeness (QED) is 0.820. The predicted octanol–water partition coefficient (Wildman–Crippen LogP) is 2.74. The number of methoxy groups -OCH3 is 1. The van der Waals surface area contributed by atoms with E-state index in [0.717, 1.165) is 0 Å². The summed E-state index contributed by atoms with van der Waals surface area (Å²) < 4.78 is 5.07. The van der Waals surface area contributed by atoms with Crippen molar-refractivity contribution in [2.24, 2.45) is 5.41 Å². The Balaban J connectivity index is 2.14. The number of rotatable bonds is 6. The number of carbonyl (C=O) groups excluding carboxylic acids is 3. The molecule has 0 spiro atoms. The number of Topliss-reactive ketones (excluding diaryl/α,β-unsaturated/α-hetero) is 2. The third-order valence-corrected chi connectivity index (χ3v) is 4.23. The molecule has 1 aromatic carbocycles. The van der Waals surface area contributed by atoms with Crippen LogP contribution in [0.25, 0.3) is 0 Å².